The minimum Gasteiger partial charge on any atom is -0.343 e. The number of hydrogen-bond acceptors (Lipinski definition) is 3. The summed E-state index contributed by atoms with van der Waals surface area (Å²) in [5.41, 5.74) is 2.90. The van der Waals surface area contributed by atoms with E-state index in [0.29, 0.717) is 19.6 Å². The van der Waals surface area contributed by atoms with Gasteiger partial charge in [-0.05, 0) is 40.5 Å². The molecule has 1 atom stereocenters. The molecular weight excluding hydrogens is 306 g/mol. The first-order valence-electron chi connectivity index (χ1n) is 8.79. The number of carbonyl (C=O) groups excluding carboxylic acids is 2. The van der Waals surface area contributed by atoms with Gasteiger partial charge in [0.25, 0.3) is 0 Å². The lowest BCUT2D eigenvalue weighted by atomic mass is 9.96. The van der Waals surface area contributed by atoms with Crippen molar-refractivity contribution >= 4 is 11.9 Å². The third-order valence-electron chi connectivity index (χ3n) is 4.83. The molecule has 2 N–H and O–H groups in total. The van der Waals surface area contributed by atoms with Crippen molar-refractivity contribution in [3.8, 4) is 0 Å². The molecule has 0 saturated carbocycles. The second-order valence-electron chi connectivity index (χ2n) is 6.37. The SMILES string of the molecule is CCN(CC)C(=O)[C@H]1CCCN(C(=O)NCc2c(C)n[nH]c2C)C1. The van der Waals surface area contributed by atoms with Crippen LogP contribution in [0.2, 0.25) is 0 Å². The van der Waals surface area contributed by atoms with Gasteiger partial charge in [0.05, 0.1) is 11.6 Å². The van der Waals surface area contributed by atoms with Gasteiger partial charge < -0.3 is 15.1 Å². The Kier molecular flexibility index (Phi) is 6.23. The highest BCUT2D eigenvalue weighted by atomic mass is 16.2. The van der Waals surface area contributed by atoms with Gasteiger partial charge in [0.2, 0.25) is 5.91 Å². The molecule has 7 heteroatoms. The molecule has 24 heavy (non-hydrogen) atoms. The van der Waals surface area contributed by atoms with E-state index in [9.17, 15) is 9.59 Å². The number of aromatic amines is 1. The number of aryl methyl sites for hydroxylation is 2. The van der Waals surface area contributed by atoms with E-state index in [-0.39, 0.29) is 17.9 Å². The molecule has 2 rings (SSSR count). The lowest BCUT2D eigenvalue weighted by molar-refractivity contribution is -0.136. The fraction of sp³-hybridized carbons (Fsp3) is 0.706. The lowest BCUT2D eigenvalue weighted by Gasteiger charge is -2.34. The molecule has 1 aliphatic heterocycles. The number of nitrogens with zero attached hydrogens (tertiary/aromatic N) is 3. The maximum absolute atomic E-state index is 12.5. The number of urea groups is 1. The van der Waals surface area contributed by atoms with Gasteiger partial charge >= 0.3 is 6.03 Å². The quantitative estimate of drug-likeness (QED) is 0.861. The zero-order valence-electron chi connectivity index (χ0n) is 15.2. The Labute approximate surface area is 143 Å². The summed E-state index contributed by atoms with van der Waals surface area (Å²) in [6, 6.07) is -0.105. The number of nitrogens with one attached hydrogen (secondary N) is 2. The number of hydrogen-bond donors (Lipinski definition) is 2. The average Bonchev–Trinajstić information content (AvgIpc) is 2.92. The molecule has 2 heterocycles. The van der Waals surface area contributed by atoms with Crippen molar-refractivity contribution in [2.24, 2.45) is 5.92 Å². The van der Waals surface area contributed by atoms with Crippen LogP contribution >= 0.6 is 0 Å². The van der Waals surface area contributed by atoms with E-state index in [1.54, 1.807) is 4.90 Å². The molecule has 1 saturated heterocycles. The number of likely N-dealkylation sites (tertiary alicyclic amines) is 1. The first kappa shape index (κ1) is 18.3. The molecule has 0 radical (unpaired) electrons. The van der Waals surface area contributed by atoms with Crippen molar-refractivity contribution in [1.29, 1.82) is 0 Å². The second-order valence-corrected chi connectivity index (χ2v) is 6.37. The normalized spacial score (nSPS) is 17.7. The van der Waals surface area contributed by atoms with Crippen molar-refractivity contribution in [2.45, 2.75) is 47.1 Å². The van der Waals surface area contributed by atoms with Crippen LogP contribution in [0.15, 0.2) is 0 Å². The lowest BCUT2D eigenvalue weighted by Crippen LogP contribution is -2.49. The third kappa shape index (κ3) is 4.07. The van der Waals surface area contributed by atoms with E-state index in [1.165, 1.54) is 0 Å². The summed E-state index contributed by atoms with van der Waals surface area (Å²) in [5.74, 6) is 0.0841. The van der Waals surface area contributed by atoms with Gasteiger partial charge in [-0.15, -0.1) is 0 Å². The monoisotopic (exact) mass is 335 g/mol. The smallest absolute Gasteiger partial charge is 0.317 e. The molecule has 1 fully saturated rings. The predicted molar refractivity (Wildman–Crippen MR) is 92.5 cm³/mol. The molecule has 1 aliphatic rings. The van der Waals surface area contributed by atoms with Crippen LogP contribution in [0.5, 0.6) is 0 Å². The van der Waals surface area contributed by atoms with Crippen molar-refractivity contribution in [3.05, 3.63) is 17.0 Å². The summed E-state index contributed by atoms with van der Waals surface area (Å²) in [5, 5.41) is 10.0. The van der Waals surface area contributed by atoms with Gasteiger partial charge in [0.15, 0.2) is 0 Å². The molecule has 0 aromatic carbocycles. The fourth-order valence-electron chi connectivity index (χ4n) is 3.27. The Bertz CT molecular complexity index is 560. The van der Waals surface area contributed by atoms with Crippen LogP contribution in [-0.2, 0) is 11.3 Å². The predicted octanol–water partition coefficient (Wildman–Crippen LogP) is 1.82. The molecule has 7 nitrogen and oxygen atoms in total. The van der Waals surface area contributed by atoms with Gasteiger partial charge in [-0.2, -0.15) is 5.10 Å². The zero-order chi connectivity index (χ0) is 17.7. The van der Waals surface area contributed by atoms with E-state index < -0.39 is 0 Å². The summed E-state index contributed by atoms with van der Waals surface area (Å²) in [4.78, 5) is 28.6. The minimum absolute atomic E-state index is 0.0817. The Morgan fingerprint density at radius 1 is 1.33 bits per heavy atom. The van der Waals surface area contributed by atoms with E-state index in [2.05, 4.69) is 15.5 Å². The van der Waals surface area contributed by atoms with Gasteiger partial charge in [0.1, 0.15) is 0 Å². The first-order chi connectivity index (χ1) is 11.5. The molecule has 134 valence electrons. The van der Waals surface area contributed by atoms with Crippen LogP contribution in [0.25, 0.3) is 0 Å². The molecular formula is C17H29N5O2. The molecule has 0 spiro atoms. The second kappa shape index (κ2) is 8.17. The largest absolute Gasteiger partial charge is 0.343 e. The average molecular weight is 335 g/mol. The summed E-state index contributed by atoms with van der Waals surface area (Å²) in [6.45, 7) is 11.0. The first-order valence-corrected chi connectivity index (χ1v) is 8.79. The van der Waals surface area contributed by atoms with Gasteiger partial charge in [0, 0.05) is 44.0 Å². The zero-order valence-corrected chi connectivity index (χ0v) is 15.2. The summed E-state index contributed by atoms with van der Waals surface area (Å²) >= 11 is 0. The summed E-state index contributed by atoms with van der Waals surface area (Å²) in [6.07, 6.45) is 1.73. The highest BCUT2D eigenvalue weighted by molar-refractivity contribution is 5.81. The van der Waals surface area contributed by atoms with Crippen molar-refractivity contribution in [2.75, 3.05) is 26.2 Å². The third-order valence-corrected chi connectivity index (χ3v) is 4.83. The number of rotatable bonds is 5. The molecule has 1 aromatic rings. The fourth-order valence-corrected chi connectivity index (χ4v) is 3.27. The minimum atomic E-state index is -0.105. The Balaban J connectivity index is 1.91. The van der Waals surface area contributed by atoms with Crippen LogP contribution in [0, 0.1) is 19.8 Å². The maximum Gasteiger partial charge on any atom is 0.317 e. The van der Waals surface area contributed by atoms with Crippen molar-refractivity contribution in [1.82, 2.24) is 25.3 Å². The summed E-state index contributed by atoms with van der Waals surface area (Å²) in [7, 11) is 0. The van der Waals surface area contributed by atoms with Crippen molar-refractivity contribution < 1.29 is 9.59 Å². The van der Waals surface area contributed by atoms with Crippen LogP contribution < -0.4 is 5.32 Å². The van der Waals surface area contributed by atoms with E-state index in [4.69, 9.17) is 0 Å². The number of aromatic nitrogens is 2. The molecule has 0 unspecified atom stereocenters. The Morgan fingerprint density at radius 3 is 2.62 bits per heavy atom. The van der Waals surface area contributed by atoms with Gasteiger partial charge in [-0.25, -0.2) is 4.79 Å². The van der Waals surface area contributed by atoms with E-state index in [1.807, 2.05) is 32.6 Å². The number of carbonyl (C=O) groups is 2. The highest BCUT2D eigenvalue weighted by Crippen LogP contribution is 2.19. The highest BCUT2D eigenvalue weighted by Gasteiger charge is 2.30. The van der Waals surface area contributed by atoms with E-state index in [0.717, 1.165) is 42.9 Å². The molecule has 0 aliphatic carbocycles. The molecule has 3 amide bonds. The van der Waals surface area contributed by atoms with Gasteiger partial charge in [-0.3, -0.25) is 9.89 Å². The summed E-state index contributed by atoms with van der Waals surface area (Å²) < 4.78 is 0. The van der Waals surface area contributed by atoms with E-state index >= 15 is 0 Å². The number of piperidine rings is 1. The standard InChI is InChI=1S/C17H29N5O2/c1-5-21(6-2)16(23)14-8-7-9-22(11-14)17(24)18-10-15-12(3)19-20-13(15)4/h14H,5-11H2,1-4H3,(H,18,24)(H,19,20)/t14-/m0/s1. The number of H-pyrrole nitrogens is 1. The molecule has 1 aromatic heterocycles. The maximum atomic E-state index is 12.5. The van der Waals surface area contributed by atoms with Gasteiger partial charge in [-0.1, -0.05) is 0 Å². The van der Waals surface area contributed by atoms with Crippen LogP contribution in [0.1, 0.15) is 43.6 Å². The van der Waals surface area contributed by atoms with Crippen LogP contribution in [0.3, 0.4) is 0 Å². The van der Waals surface area contributed by atoms with Crippen LogP contribution in [0.4, 0.5) is 4.79 Å². The Morgan fingerprint density at radius 2 is 2.04 bits per heavy atom. The van der Waals surface area contributed by atoms with Crippen LogP contribution in [-0.4, -0.2) is 58.1 Å². The van der Waals surface area contributed by atoms with Crippen molar-refractivity contribution in [3.63, 3.8) is 0 Å². The number of amides is 3. The molecule has 0 bridgehead atoms. The topological polar surface area (TPSA) is 81.3 Å². The Hall–Kier alpha value is -2.05.